The highest BCUT2D eigenvalue weighted by molar-refractivity contribution is 5.92. The summed E-state index contributed by atoms with van der Waals surface area (Å²) < 4.78 is 0. The molecule has 2 fully saturated rings. The van der Waals surface area contributed by atoms with Gasteiger partial charge < -0.3 is 10.2 Å². The van der Waals surface area contributed by atoms with Crippen molar-refractivity contribution in [1.29, 1.82) is 0 Å². The number of amides is 1. The zero-order chi connectivity index (χ0) is 13.2. The lowest BCUT2D eigenvalue weighted by Crippen LogP contribution is -2.33. The van der Waals surface area contributed by atoms with Crippen molar-refractivity contribution in [2.24, 2.45) is 11.8 Å². The van der Waals surface area contributed by atoms with E-state index in [0.29, 0.717) is 5.69 Å². The van der Waals surface area contributed by atoms with Gasteiger partial charge in [-0.05, 0) is 50.3 Å². The van der Waals surface area contributed by atoms with Gasteiger partial charge in [-0.3, -0.25) is 9.89 Å². The van der Waals surface area contributed by atoms with Crippen LogP contribution in [0.25, 0.3) is 0 Å². The van der Waals surface area contributed by atoms with Crippen LogP contribution in [0.4, 0.5) is 0 Å². The van der Waals surface area contributed by atoms with Crippen molar-refractivity contribution in [3.63, 3.8) is 0 Å². The van der Waals surface area contributed by atoms with Gasteiger partial charge in [0.1, 0.15) is 5.69 Å². The third-order valence-corrected chi connectivity index (χ3v) is 4.54. The average molecular weight is 262 g/mol. The minimum absolute atomic E-state index is 0.0869. The number of hydrogen-bond acceptors (Lipinski definition) is 3. The third kappa shape index (κ3) is 2.52. The first-order valence-corrected chi connectivity index (χ1v) is 7.32. The number of aromatic amines is 1. The predicted molar refractivity (Wildman–Crippen MR) is 73.0 cm³/mol. The molecular weight excluding hydrogens is 240 g/mol. The number of H-pyrrole nitrogens is 1. The fourth-order valence-corrected chi connectivity index (χ4v) is 3.24. The Labute approximate surface area is 113 Å². The maximum absolute atomic E-state index is 12.4. The molecule has 5 nitrogen and oxygen atoms in total. The third-order valence-electron chi connectivity index (χ3n) is 4.54. The highest BCUT2D eigenvalue weighted by atomic mass is 16.2. The Bertz CT molecular complexity index is 442. The molecule has 0 bridgehead atoms. The molecule has 0 radical (unpaired) electrons. The number of nitrogens with one attached hydrogen (secondary N) is 2. The van der Waals surface area contributed by atoms with Gasteiger partial charge >= 0.3 is 0 Å². The summed E-state index contributed by atoms with van der Waals surface area (Å²) in [7, 11) is 0. The average Bonchev–Trinajstić information content (AvgIpc) is 3.04. The van der Waals surface area contributed by atoms with Crippen molar-refractivity contribution in [3.8, 4) is 0 Å². The minimum atomic E-state index is 0.0869. The quantitative estimate of drug-likeness (QED) is 0.837. The molecule has 1 aromatic rings. The van der Waals surface area contributed by atoms with Crippen molar-refractivity contribution in [2.75, 3.05) is 26.2 Å². The summed E-state index contributed by atoms with van der Waals surface area (Å²) in [6.45, 7) is 6.04. The van der Waals surface area contributed by atoms with E-state index in [2.05, 4.69) is 22.4 Å². The summed E-state index contributed by atoms with van der Waals surface area (Å²) in [5.74, 6) is 1.59. The van der Waals surface area contributed by atoms with Crippen molar-refractivity contribution >= 4 is 5.91 Å². The normalized spacial score (nSPS) is 27.1. The molecule has 0 aliphatic carbocycles. The number of aromatic nitrogens is 2. The van der Waals surface area contributed by atoms with Crippen LogP contribution in [-0.2, 0) is 6.42 Å². The molecule has 19 heavy (non-hydrogen) atoms. The van der Waals surface area contributed by atoms with E-state index in [1.165, 1.54) is 0 Å². The summed E-state index contributed by atoms with van der Waals surface area (Å²) in [5.41, 5.74) is 1.60. The van der Waals surface area contributed by atoms with Crippen molar-refractivity contribution < 1.29 is 4.79 Å². The summed E-state index contributed by atoms with van der Waals surface area (Å²) >= 11 is 0. The summed E-state index contributed by atoms with van der Waals surface area (Å²) in [6, 6.07) is 1.88. The molecule has 3 rings (SSSR count). The molecule has 2 aliphatic heterocycles. The number of rotatable bonds is 2. The number of nitrogens with zero attached hydrogens (tertiary/aromatic N) is 2. The highest BCUT2D eigenvalue weighted by Crippen LogP contribution is 2.27. The molecule has 104 valence electrons. The Morgan fingerprint density at radius 3 is 2.63 bits per heavy atom. The van der Waals surface area contributed by atoms with Crippen LogP contribution in [0, 0.1) is 11.8 Å². The molecule has 0 spiro atoms. The SMILES string of the molecule is CCc1cc(C(=O)N2CC[C@@H]3CNC[C@@H]3CC2)n[nH]1. The number of fused-ring (bicyclic) bond motifs is 1. The molecule has 5 heteroatoms. The Morgan fingerprint density at radius 1 is 1.37 bits per heavy atom. The summed E-state index contributed by atoms with van der Waals surface area (Å²) in [5, 5.41) is 10.5. The molecule has 1 aromatic heterocycles. The molecule has 0 unspecified atom stereocenters. The number of likely N-dealkylation sites (tertiary alicyclic amines) is 1. The maximum Gasteiger partial charge on any atom is 0.274 e. The van der Waals surface area contributed by atoms with Gasteiger partial charge in [0.15, 0.2) is 0 Å². The fourth-order valence-electron chi connectivity index (χ4n) is 3.24. The number of carbonyl (C=O) groups excluding carboxylic acids is 1. The van der Waals surface area contributed by atoms with E-state index in [1.807, 2.05) is 11.0 Å². The van der Waals surface area contributed by atoms with Crippen molar-refractivity contribution in [1.82, 2.24) is 20.4 Å². The molecule has 2 N–H and O–H groups in total. The van der Waals surface area contributed by atoms with E-state index >= 15 is 0 Å². The minimum Gasteiger partial charge on any atom is -0.337 e. The largest absolute Gasteiger partial charge is 0.337 e. The molecule has 2 aliphatic rings. The van der Waals surface area contributed by atoms with Crippen LogP contribution in [0.15, 0.2) is 6.07 Å². The van der Waals surface area contributed by atoms with E-state index in [0.717, 1.165) is 63.0 Å². The molecule has 1 amide bonds. The van der Waals surface area contributed by atoms with Crippen molar-refractivity contribution in [3.05, 3.63) is 17.5 Å². The van der Waals surface area contributed by atoms with Gasteiger partial charge in [-0.1, -0.05) is 6.92 Å². The Balaban J connectivity index is 1.67. The van der Waals surface area contributed by atoms with E-state index in [9.17, 15) is 4.79 Å². The van der Waals surface area contributed by atoms with Gasteiger partial charge in [0, 0.05) is 18.8 Å². The van der Waals surface area contributed by atoms with Gasteiger partial charge in [-0.25, -0.2) is 0 Å². The number of hydrogen-bond donors (Lipinski definition) is 2. The van der Waals surface area contributed by atoms with Gasteiger partial charge in [-0.15, -0.1) is 0 Å². The molecule has 2 atom stereocenters. The first-order chi connectivity index (χ1) is 9.28. The van der Waals surface area contributed by atoms with Gasteiger partial charge in [-0.2, -0.15) is 5.10 Å². The molecule has 0 aromatic carbocycles. The van der Waals surface area contributed by atoms with Crippen LogP contribution in [0.1, 0.15) is 35.9 Å². The molecule has 2 saturated heterocycles. The molecule has 0 saturated carbocycles. The monoisotopic (exact) mass is 262 g/mol. The second-order valence-electron chi connectivity index (χ2n) is 5.68. The molecular formula is C14H22N4O. The van der Waals surface area contributed by atoms with Gasteiger partial charge in [0.25, 0.3) is 5.91 Å². The lowest BCUT2D eigenvalue weighted by atomic mass is 9.92. The van der Waals surface area contributed by atoms with Crippen LogP contribution in [0.5, 0.6) is 0 Å². The van der Waals surface area contributed by atoms with Crippen LogP contribution < -0.4 is 5.32 Å². The number of aryl methyl sites for hydroxylation is 1. The summed E-state index contributed by atoms with van der Waals surface area (Å²) in [4.78, 5) is 14.4. The maximum atomic E-state index is 12.4. The van der Waals surface area contributed by atoms with Crippen LogP contribution in [-0.4, -0.2) is 47.2 Å². The van der Waals surface area contributed by atoms with Gasteiger partial charge in [0.2, 0.25) is 0 Å². The number of carbonyl (C=O) groups is 1. The Hall–Kier alpha value is -1.36. The second kappa shape index (κ2) is 5.33. The highest BCUT2D eigenvalue weighted by Gasteiger charge is 2.32. The zero-order valence-electron chi connectivity index (χ0n) is 11.5. The lowest BCUT2D eigenvalue weighted by Gasteiger charge is -2.19. The smallest absolute Gasteiger partial charge is 0.274 e. The van der Waals surface area contributed by atoms with Crippen molar-refractivity contribution in [2.45, 2.75) is 26.2 Å². The lowest BCUT2D eigenvalue weighted by molar-refractivity contribution is 0.0752. The Morgan fingerprint density at radius 2 is 2.05 bits per heavy atom. The van der Waals surface area contributed by atoms with E-state index < -0.39 is 0 Å². The van der Waals surface area contributed by atoms with Crippen LogP contribution in [0.2, 0.25) is 0 Å². The topological polar surface area (TPSA) is 61.0 Å². The zero-order valence-corrected chi connectivity index (χ0v) is 11.5. The fraction of sp³-hybridized carbons (Fsp3) is 0.714. The van der Waals surface area contributed by atoms with E-state index in [-0.39, 0.29) is 5.91 Å². The van der Waals surface area contributed by atoms with E-state index in [4.69, 9.17) is 0 Å². The van der Waals surface area contributed by atoms with Crippen LogP contribution >= 0.6 is 0 Å². The van der Waals surface area contributed by atoms with E-state index in [1.54, 1.807) is 0 Å². The van der Waals surface area contributed by atoms with Gasteiger partial charge in [0.05, 0.1) is 0 Å². The first kappa shape index (κ1) is 12.7. The van der Waals surface area contributed by atoms with Crippen LogP contribution in [0.3, 0.4) is 0 Å². The second-order valence-corrected chi connectivity index (χ2v) is 5.68. The summed E-state index contributed by atoms with van der Waals surface area (Å²) in [6.07, 6.45) is 3.12. The first-order valence-electron chi connectivity index (χ1n) is 7.32. The molecule has 3 heterocycles. The Kier molecular flexibility index (Phi) is 3.55. The predicted octanol–water partition coefficient (Wildman–Crippen LogP) is 1.04. The standard InChI is InChI=1S/C14H22N4O/c1-2-12-7-13(17-16-12)14(19)18-5-3-10-8-15-9-11(10)4-6-18/h7,10-11,15H,2-6,8-9H2,1H3,(H,16,17)/t10-,11+.